The first-order valence-corrected chi connectivity index (χ1v) is 12.9. The molecule has 184 valence electrons. The number of nitrogens with zero attached hydrogens (tertiary/aromatic N) is 1. The Morgan fingerprint density at radius 1 is 1.06 bits per heavy atom. The molecule has 1 saturated carbocycles. The fourth-order valence-corrected chi connectivity index (χ4v) is 5.31. The summed E-state index contributed by atoms with van der Waals surface area (Å²) < 4.78 is 5.14. The van der Waals surface area contributed by atoms with Crippen LogP contribution in [-0.2, 0) is 9.59 Å². The highest BCUT2D eigenvalue weighted by atomic mass is 32.1. The molecule has 2 heterocycles. The molecule has 0 aliphatic heterocycles. The third-order valence-electron chi connectivity index (χ3n) is 6.52. The molecule has 35 heavy (non-hydrogen) atoms. The predicted molar refractivity (Wildman–Crippen MR) is 137 cm³/mol. The predicted octanol–water partition coefficient (Wildman–Crippen LogP) is 4.91. The fourth-order valence-electron chi connectivity index (χ4n) is 4.50. The Bertz CT molecular complexity index is 1150. The summed E-state index contributed by atoms with van der Waals surface area (Å²) in [5.41, 5.74) is 2.57. The van der Waals surface area contributed by atoms with Crippen LogP contribution in [0.25, 0.3) is 0 Å². The maximum atomic E-state index is 13.7. The number of nitrogens with one attached hydrogen (secondary N) is 2. The lowest BCUT2D eigenvalue weighted by molar-refractivity contribution is -0.126. The number of thiophene rings is 1. The van der Waals surface area contributed by atoms with Gasteiger partial charge in [0.15, 0.2) is 5.76 Å². The van der Waals surface area contributed by atoms with Crippen molar-refractivity contribution in [3.63, 3.8) is 0 Å². The van der Waals surface area contributed by atoms with E-state index in [9.17, 15) is 14.4 Å². The smallest absolute Gasteiger partial charge is 0.287 e. The molecule has 0 radical (unpaired) electrons. The average molecular weight is 494 g/mol. The number of furan rings is 1. The first kappa shape index (κ1) is 24.7. The van der Waals surface area contributed by atoms with Gasteiger partial charge in [-0.1, -0.05) is 37.5 Å². The Hall–Kier alpha value is -3.39. The second-order valence-electron chi connectivity index (χ2n) is 8.90. The fraction of sp³-hybridized carbons (Fsp3) is 0.370. The lowest BCUT2D eigenvalue weighted by Crippen LogP contribution is -2.49. The first-order chi connectivity index (χ1) is 17.0. The lowest BCUT2D eigenvalue weighted by atomic mass is 9.95. The SMILES string of the molecule is Cc1cccc(N(C(=O)CNC(=O)c2ccco2)C(C(=O)NC2CCCCC2)c2cccs2)c1C. The number of aryl methyl sites for hydroxylation is 1. The Morgan fingerprint density at radius 2 is 1.86 bits per heavy atom. The number of benzene rings is 1. The van der Waals surface area contributed by atoms with Crippen molar-refractivity contribution in [2.75, 3.05) is 11.4 Å². The van der Waals surface area contributed by atoms with Crippen LogP contribution >= 0.6 is 11.3 Å². The van der Waals surface area contributed by atoms with E-state index in [1.807, 2.05) is 49.6 Å². The topological polar surface area (TPSA) is 91.7 Å². The molecular weight excluding hydrogens is 462 g/mol. The quantitative estimate of drug-likeness (QED) is 0.466. The normalized spacial score (nSPS) is 14.8. The van der Waals surface area contributed by atoms with E-state index in [2.05, 4.69) is 10.6 Å². The van der Waals surface area contributed by atoms with Crippen LogP contribution in [0.15, 0.2) is 58.5 Å². The molecule has 1 unspecified atom stereocenters. The third-order valence-corrected chi connectivity index (χ3v) is 7.44. The van der Waals surface area contributed by atoms with Gasteiger partial charge in [0.05, 0.1) is 12.8 Å². The minimum absolute atomic E-state index is 0.105. The molecule has 1 aromatic carbocycles. The molecule has 7 nitrogen and oxygen atoms in total. The average Bonchev–Trinajstić information content (AvgIpc) is 3.58. The molecule has 1 aliphatic carbocycles. The number of rotatable bonds is 8. The van der Waals surface area contributed by atoms with Crippen molar-refractivity contribution in [3.8, 4) is 0 Å². The highest BCUT2D eigenvalue weighted by Gasteiger charge is 2.35. The number of hydrogen-bond acceptors (Lipinski definition) is 5. The summed E-state index contributed by atoms with van der Waals surface area (Å²) in [4.78, 5) is 42.2. The largest absolute Gasteiger partial charge is 0.459 e. The first-order valence-electron chi connectivity index (χ1n) is 12.0. The number of carbonyl (C=O) groups excluding carboxylic acids is 3. The van der Waals surface area contributed by atoms with Crippen LogP contribution < -0.4 is 15.5 Å². The van der Waals surface area contributed by atoms with E-state index in [4.69, 9.17) is 4.42 Å². The minimum Gasteiger partial charge on any atom is -0.459 e. The highest BCUT2D eigenvalue weighted by molar-refractivity contribution is 7.10. The van der Waals surface area contributed by atoms with Gasteiger partial charge in [-0.25, -0.2) is 0 Å². The molecule has 1 aliphatic rings. The molecule has 8 heteroatoms. The van der Waals surface area contributed by atoms with Crippen LogP contribution in [0, 0.1) is 13.8 Å². The standard InChI is InChI=1S/C27H31N3O4S/c1-18-9-6-12-21(19(18)2)30(24(31)17-28-26(32)22-13-7-15-34-22)25(23-14-8-16-35-23)27(33)29-20-10-4-3-5-11-20/h6-9,12-16,20,25H,3-5,10-11,17H2,1-2H3,(H,28,32)(H,29,33). The van der Waals surface area contributed by atoms with Crippen LogP contribution in [0.2, 0.25) is 0 Å². The summed E-state index contributed by atoms with van der Waals surface area (Å²) in [6.45, 7) is 3.64. The van der Waals surface area contributed by atoms with Crippen molar-refractivity contribution in [2.24, 2.45) is 0 Å². The third kappa shape index (κ3) is 5.82. The van der Waals surface area contributed by atoms with E-state index in [0.717, 1.165) is 41.7 Å². The molecule has 3 amide bonds. The second-order valence-corrected chi connectivity index (χ2v) is 9.88. The van der Waals surface area contributed by atoms with Gasteiger partial charge in [0.2, 0.25) is 11.8 Å². The van der Waals surface area contributed by atoms with E-state index in [-0.39, 0.29) is 30.2 Å². The Morgan fingerprint density at radius 3 is 2.54 bits per heavy atom. The summed E-state index contributed by atoms with van der Waals surface area (Å²) in [5, 5.41) is 7.75. The van der Waals surface area contributed by atoms with Crippen molar-refractivity contribution in [1.82, 2.24) is 10.6 Å². The molecule has 0 saturated heterocycles. The maximum Gasteiger partial charge on any atom is 0.287 e. The van der Waals surface area contributed by atoms with E-state index in [0.29, 0.717) is 5.69 Å². The van der Waals surface area contributed by atoms with E-state index >= 15 is 0 Å². The van der Waals surface area contributed by atoms with Crippen molar-refractivity contribution in [2.45, 2.75) is 58.0 Å². The highest BCUT2D eigenvalue weighted by Crippen LogP contribution is 2.34. The summed E-state index contributed by atoms with van der Waals surface area (Å²) in [5.74, 6) is -0.939. The van der Waals surface area contributed by atoms with Crippen LogP contribution in [0.4, 0.5) is 5.69 Å². The monoisotopic (exact) mass is 493 g/mol. The van der Waals surface area contributed by atoms with Gasteiger partial charge in [-0.15, -0.1) is 11.3 Å². The van der Waals surface area contributed by atoms with Gasteiger partial charge in [0.25, 0.3) is 5.91 Å². The zero-order valence-electron chi connectivity index (χ0n) is 20.1. The van der Waals surface area contributed by atoms with E-state index in [1.54, 1.807) is 6.07 Å². The molecule has 3 aromatic rings. The van der Waals surface area contributed by atoms with Gasteiger partial charge in [0, 0.05) is 16.6 Å². The van der Waals surface area contributed by atoms with Gasteiger partial charge in [-0.05, 0) is 67.5 Å². The number of amides is 3. The van der Waals surface area contributed by atoms with Crippen LogP contribution in [0.1, 0.15) is 64.7 Å². The maximum absolute atomic E-state index is 13.7. The van der Waals surface area contributed by atoms with Crippen molar-refractivity contribution >= 4 is 34.7 Å². The summed E-state index contributed by atoms with van der Waals surface area (Å²) in [7, 11) is 0. The van der Waals surface area contributed by atoms with Crippen LogP contribution in [0.5, 0.6) is 0 Å². The van der Waals surface area contributed by atoms with Gasteiger partial charge >= 0.3 is 0 Å². The van der Waals surface area contributed by atoms with Crippen LogP contribution in [0.3, 0.4) is 0 Å². The minimum atomic E-state index is -0.842. The van der Waals surface area contributed by atoms with Crippen molar-refractivity contribution in [3.05, 3.63) is 75.9 Å². The molecule has 1 atom stereocenters. The Kier molecular flexibility index (Phi) is 8.02. The van der Waals surface area contributed by atoms with Gasteiger partial charge in [-0.2, -0.15) is 0 Å². The zero-order valence-corrected chi connectivity index (χ0v) is 20.9. The number of hydrogen-bond donors (Lipinski definition) is 2. The molecular formula is C27H31N3O4S. The molecule has 4 rings (SSSR count). The molecule has 2 aromatic heterocycles. The second kappa shape index (κ2) is 11.4. The van der Waals surface area contributed by atoms with E-state index in [1.165, 1.54) is 35.0 Å². The van der Waals surface area contributed by atoms with Gasteiger partial charge < -0.3 is 15.1 Å². The van der Waals surface area contributed by atoms with Gasteiger partial charge in [0.1, 0.15) is 6.04 Å². The molecule has 0 bridgehead atoms. The molecule has 1 fully saturated rings. The van der Waals surface area contributed by atoms with Crippen LogP contribution in [-0.4, -0.2) is 30.3 Å². The van der Waals surface area contributed by atoms with Gasteiger partial charge in [-0.3, -0.25) is 19.3 Å². The number of carbonyl (C=O) groups is 3. The van der Waals surface area contributed by atoms with E-state index < -0.39 is 11.9 Å². The number of anilines is 1. The van der Waals surface area contributed by atoms with Crippen molar-refractivity contribution < 1.29 is 18.8 Å². The van der Waals surface area contributed by atoms with Crippen molar-refractivity contribution in [1.29, 1.82) is 0 Å². The summed E-state index contributed by atoms with van der Waals surface area (Å²) >= 11 is 1.44. The Labute approximate surface area is 209 Å². The summed E-state index contributed by atoms with van der Waals surface area (Å²) in [6.07, 6.45) is 6.66. The Balaban J connectivity index is 1.67. The molecule has 0 spiro atoms. The zero-order chi connectivity index (χ0) is 24.8. The summed E-state index contributed by atoms with van der Waals surface area (Å²) in [6, 6.07) is 11.9. The molecule has 2 N–H and O–H groups in total. The lowest BCUT2D eigenvalue weighted by Gasteiger charge is -2.34.